The number of carbonyl (C=O) groups is 1. The Morgan fingerprint density at radius 3 is 2.70 bits per heavy atom. The lowest BCUT2D eigenvalue weighted by atomic mass is 10.1. The van der Waals surface area contributed by atoms with Crippen LogP contribution in [0.4, 0.5) is 5.82 Å². The van der Waals surface area contributed by atoms with Gasteiger partial charge in [0, 0.05) is 24.7 Å². The number of nitrogens with two attached hydrogens (primary N) is 1. The zero-order chi connectivity index (χ0) is 19.2. The van der Waals surface area contributed by atoms with Gasteiger partial charge in [0.2, 0.25) is 5.89 Å². The second-order valence-corrected chi connectivity index (χ2v) is 5.89. The molecule has 1 aromatic carbocycles. The van der Waals surface area contributed by atoms with E-state index in [0.717, 1.165) is 5.56 Å². The monoisotopic (exact) mass is 368 g/mol. The van der Waals surface area contributed by atoms with E-state index in [1.807, 2.05) is 0 Å². The molecule has 1 amide bonds. The summed E-state index contributed by atoms with van der Waals surface area (Å²) in [6.07, 6.45) is 3.63. The predicted octanol–water partition coefficient (Wildman–Crippen LogP) is 1.79. The number of hydrogen-bond acceptors (Lipinski definition) is 8. The first-order chi connectivity index (χ1) is 13.1. The number of aromatic nitrogens is 4. The summed E-state index contributed by atoms with van der Waals surface area (Å²) >= 11 is 0. The number of methoxy groups -OCH3 is 1. The largest absolute Gasteiger partial charge is 0.384 e. The third-order valence-corrected chi connectivity index (χ3v) is 3.85. The van der Waals surface area contributed by atoms with Gasteiger partial charge in [0.05, 0.1) is 24.7 Å². The van der Waals surface area contributed by atoms with Crippen LogP contribution in [0.1, 0.15) is 35.0 Å². The van der Waals surface area contributed by atoms with Crippen molar-refractivity contribution in [3.8, 4) is 11.3 Å². The van der Waals surface area contributed by atoms with Gasteiger partial charge in [-0.1, -0.05) is 17.3 Å². The number of ether oxygens (including phenoxy) is 1. The summed E-state index contributed by atoms with van der Waals surface area (Å²) in [4.78, 5) is 24.9. The lowest BCUT2D eigenvalue weighted by molar-refractivity contribution is 0.0932. The lowest BCUT2D eigenvalue weighted by Crippen LogP contribution is -2.26. The van der Waals surface area contributed by atoms with Crippen molar-refractivity contribution in [1.29, 1.82) is 0 Å². The van der Waals surface area contributed by atoms with Gasteiger partial charge in [-0.2, -0.15) is 4.98 Å². The molecule has 3 N–H and O–H groups in total. The normalized spacial score (nSPS) is 11.9. The first-order valence-corrected chi connectivity index (χ1v) is 8.37. The molecule has 140 valence electrons. The average Bonchev–Trinajstić information content (AvgIpc) is 3.16. The molecule has 9 heteroatoms. The Morgan fingerprint density at radius 1 is 1.26 bits per heavy atom. The molecule has 0 aliphatic carbocycles. The molecule has 0 unspecified atom stereocenters. The number of anilines is 1. The number of nitrogens with zero attached hydrogens (tertiary/aromatic N) is 4. The van der Waals surface area contributed by atoms with Gasteiger partial charge in [-0.25, -0.2) is 4.98 Å². The van der Waals surface area contributed by atoms with Gasteiger partial charge in [-0.05, 0) is 19.1 Å². The van der Waals surface area contributed by atoms with E-state index in [1.54, 1.807) is 44.5 Å². The van der Waals surface area contributed by atoms with Crippen molar-refractivity contribution in [3.05, 3.63) is 53.9 Å². The van der Waals surface area contributed by atoms with Crippen molar-refractivity contribution in [2.45, 2.75) is 19.4 Å². The Kier molecular flexibility index (Phi) is 5.72. The summed E-state index contributed by atoms with van der Waals surface area (Å²) in [7, 11) is 1.61. The summed E-state index contributed by atoms with van der Waals surface area (Å²) in [5.74, 6) is 1.01. The Bertz CT molecular complexity index is 892. The molecule has 9 nitrogen and oxygen atoms in total. The molecular weight excluding hydrogens is 348 g/mol. The first kappa shape index (κ1) is 18.5. The van der Waals surface area contributed by atoms with E-state index in [0.29, 0.717) is 41.8 Å². The molecule has 27 heavy (non-hydrogen) atoms. The van der Waals surface area contributed by atoms with Gasteiger partial charge in [-0.3, -0.25) is 9.78 Å². The molecule has 0 aliphatic heterocycles. The average molecular weight is 368 g/mol. The Labute approximate surface area is 156 Å². The SMILES string of the molecule is COCCc1noc([C@H](C)NC(=O)c2ccc(-c3cnc(N)cn3)cc2)n1. The van der Waals surface area contributed by atoms with Gasteiger partial charge in [0.15, 0.2) is 5.82 Å². The van der Waals surface area contributed by atoms with Crippen LogP contribution in [0, 0.1) is 0 Å². The van der Waals surface area contributed by atoms with Crippen LogP contribution in [-0.2, 0) is 11.2 Å². The fourth-order valence-corrected chi connectivity index (χ4v) is 2.36. The zero-order valence-corrected chi connectivity index (χ0v) is 15.0. The van der Waals surface area contributed by atoms with Gasteiger partial charge in [-0.15, -0.1) is 0 Å². The van der Waals surface area contributed by atoms with Crippen molar-refractivity contribution in [2.75, 3.05) is 19.5 Å². The highest BCUT2D eigenvalue weighted by atomic mass is 16.5. The van der Waals surface area contributed by atoms with Gasteiger partial charge in [0.25, 0.3) is 5.91 Å². The highest BCUT2D eigenvalue weighted by molar-refractivity contribution is 5.94. The molecule has 0 fully saturated rings. The summed E-state index contributed by atoms with van der Waals surface area (Å²) in [5.41, 5.74) is 7.57. The summed E-state index contributed by atoms with van der Waals surface area (Å²) in [5, 5.41) is 6.70. The first-order valence-electron chi connectivity index (χ1n) is 8.37. The van der Waals surface area contributed by atoms with Crippen molar-refractivity contribution in [1.82, 2.24) is 25.4 Å². The molecule has 0 saturated heterocycles. The molecule has 3 aromatic rings. The topological polar surface area (TPSA) is 129 Å². The molecule has 0 saturated carbocycles. The van der Waals surface area contributed by atoms with E-state index in [2.05, 4.69) is 25.4 Å². The molecule has 1 atom stereocenters. The molecule has 0 radical (unpaired) electrons. The maximum Gasteiger partial charge on any atom is 0.251 e. The maximum absolute atomic E-state index is 12.4. The van der Waals surface area contributed by atoms with Crippen molar-refractivity contribution >= 4 is 11.7 Å². The standard InChI is InChI=1S/C18H20N6O3/c1-11(18-23-16(24-27-18)7-8-26-2)22-17(25)13-5-3-12(4-6-13)14-9-21-15(19)10-20-14/h3-6,9-11H,7-8H2,1-2H3,(H2,19,21)(H,22,25)/t11-/m0/s1. The zero-order valence-electron chi connectivity index (χ0n) is 15.0. The number of nitrogen functional groups attached to an aromatic ring is 1. The van der Waals surface area contributed by atoms with Crippen LogP contribution in [0.5, 0.6) is 0 Å². The van der Waals surface area contributed by atoms with Crippen LogP contribution in [-0.4, -0.2) is 39.7 Å². The molecule has 2 aromatic heterocycles. The van der Waals surface area contributed by atoms with Crippen LogP contribution >= 0.6 is 0 Å². The fourth-order valence-electron chi connectivity index (χ4n) is 2.36. The van der Waals surface area contributed by atoms with E-state index in [1.165, 1.54) is 6.20 Å². The number of rotatable bonds is 7. The Morgan fingerprint density at radius 2 is 2.04 bits per heavy atom. The number of benzene rings is 1. The number of hydrogen-bond donors (Lipinski definition) is 2. The van der Waals surface area contributed by atoms with Crippen molar-refractivity contribution in [2.24, 2.45) is 0 Å². The third-order valence-electron chi connectivity index (χ3n) is 3.85. The molecule has 0 aliphatic rings. The molecule has 0 spiro atoms. The summed E-state index contributed by atoms with van der Waals surface area (Å²) in [6.45, 7) is 2.29. The smallest absolute Gasteiger partial charge is 0.251 e. The summed E-state index contributed by atoms with van der Waals surface area (Å²) in [6, 6.07) is 6.62. The van der Waals surface area contributed by atoms with Crippen LogP contribution < -0.4 is 11.1 Å². The number of nitrogens with one attached hydrogen (secondary N) is 1. The van der Waals surface area contributed by atoms with Gasteiger partial charge in [0.1, 0.15) is 11.9 Å². The molecule has 2 heterocycles. The van der Waals surface area contributed by atoms with Gasteiger partial charge >= 0.3 is 0 Å². The molecule has 3 rings (SSSR count). The highest BCUT2D eigenvalue weighted by Gasteiger charge is 2.17. The fraction of sp³-hybridized carbons (Fsp3) is 0.278. The number of carbonyl (C=O) groups excluding carboxylic acids is 1. The minimum absolute atomic E-state index is 0.242. The maximum atomic E-state index is 12.4. The molecular formula is C18H20N6O3. The summed E-state index contributed by atoms with van der Waals surface area (Å²) < 4.78 is 10.2. The highest BCUT2D eigenvalue weighted by Crippen LogP contribution is 2.18. The lowest BCUT2D eigenvalue weighted by Gasteiger charge is -2.10. The Hall–Kier alpha value is -3.33. The van der Waals surface area contributed by atoms with E-state index in [9.17, 15) is 4.79 Å². The number of amides is 1. The quantitative estimate of drug-likeness (QED) is 0.646. The van der Waals surface area contributed by atoms with Crippen molar-refractivity contribution < 1.29 is 14.1 Å². The minimum Gasteiger partial charge on any atom is -0.384 e. The van der Waals surface area contributed by atoms with Crippen LogP contribution in [0.15, 0.2) is 41.2 Å². The molecule has 0 bridgehead atoms. The second kappa shape index (κ2) is 8.37. The van der Waals surface area contributed by atoms with Crippen LogP contribution in [0.2, 0.25) is 0 Å². The third kappa shape index (κ3) is 4.64. The van der Waals surface area contributed by atoms with E-state index in [-0.39, 0.29) is 5.91 Å². The van der Waals surface area contributed by atoms with Crippen LogP contribution in [0.3, 0.4) is 0 Å². The van der Waals surface area contributed by atoms with Crippen molar-refractivity contribution in [3.63, 3.8) is 0 Å². The van der Waals surface area contributed by atoms with Gasteiger partial charge < -0.3 is 20.3 Å². The van der Waals surface area contributed by atoms with E-state index in [4.69, 9.17) is 15.0 Å². The predicted molar refractivity (Wildman–Crippen MR) is 97.6 cm³/mol. The van der Waals surface area contributed by atoms with E-state index >= 15 is 0 Å². The van der Waals surface area contributed by atoms with E-state index < -0.39 is 6.04 Å². The Balaban J connectivity index is 1.63. The van der Waals surface area contributed by atoms with Crippen LogP contribution in [0.25, 0.3) is 11.3 Å². The second-order valence-electron chi connectivity index (χ2n) is 5.89. The minimum atomic E-state index is -0.413.